The van der Waals surface area contributed by atoms with Crippen LogP contribution >= 0.6 is 0 Å². The first-order chi connectivity index (χ1) is 24.3. The number of aliphatic hydroxyl groups is 1. The van der Waals surface area contributed by atoms with E-state index in [0.717, 1.165) is 63.5 Å². The van der Waals surface area contributed by atoms with Gasteiger partial charge in [-0.1, -0.05) is 95.0 Å². The number of carbonyl (C=O) groups excluding carboxylic acids is 2. The molecular weight excluding hydrogens is 636 g/mol. The first kappa shape index (κ1) is 44.9. The lowest BCUT2D eigenvalue weighted by Crippen LogP contribution is -2.25. The Morgan fingerprint density at radius 3 is 2.10 bits per heavy atom. The van der Waals surface area contributed by atoms with Crippen LogP contribution in [-0.2, 0) is 38.0 Å². The number of hydrogen-bond donors (Lipinski definition) is 1. The van der Waals surface area contributed by atoms with E-state index in [0.29, 0.717) is 56.7 Å². The summed E-state index contributed by atoms with van der Waals surface area (Å²) in [6.45, 7) is 20.2. The Bertz CT molecular complexity index is 1100. The minimum absolute atomic E-state index is 0.00169. The van der Waals surface area contributed by atoms with Gasteiger partial charge in [0.05, 0.1) is 50.3 Å². The maximum atomic E-state index is 12.4. The lowest BCUT2D eigenvalue weighted by Gasteiger charge is -2.26. The van der Waals surface area contributed by atoms with Gasteiger partial charge in [0.1, 0.15) is 0 Å². The lowest BCUT2D eigenvalue weighted by atomic mass is 10.0. The van der Waals surface area contributed by atoms with E-state index in [1.165, 1.54) is 12.2 Å². The molecule has 1 rings (SSSR count). The Hall–Kier alpha value is -3.08. The summed E-state index contributed by atoms with van der Waals surface area (Å²) in [4.78, 5) is 23.6. The van der Waals surface area contributed by atoms with Crippen LogP contribution in [0.15, 0.2) is 85.1 Å². The van der Waals surface area contributed by atoms with Crippen LogP contribution in [0.1, 0.15) is 97.8 Å². The van der Waals surface area contributed by atoms with E-state index in [1.807, 2.05) is 13.0 Å². The molecule has 1 aliphatic rings. The first-order valence-corrected chi connectivity index (χ1v) is 18.4. The Kier molecular flexibility index (Phi) is 26.6. The van der Waals surface area contributed by atoms with Crippen molar-refractivity contribution >= 4 is 11.9 Å². The fraction of sp³-hybridized carbons (Fsp3) is 0.610. The normalized spacial score (nSPS) is 18.0. The quantitative estimate of drug-likeness (QED) is 0.0198. The molecule has 0 saturated carbocycles. The van der Waals surface area contributed by atoms with Crippen LogP contribution in [0.2, 0.25) is 0 Å². The average molecular weight is 701 g/mol. The fourth-order valence-electron chi connectivity index (χ4n) is 5.03. The van der Waals surface area contributed by atoms with Gasteiger partial charge in [-0.2, -0.15) is 0 Å². The highest BCUT2D eigenvalue weighted by atomic mass is 16.6. The van der Waals surface area contributed by atoms with Gasteiger partial charge >= 0.3 is 11.9 Å². The molecule has 0 bridgehead atoms. The van der Waals surface area contributed by atoms with E-state index >= 15 is 0 Å². The summed E-state index contributed by atoms with van der Waals surface area (Å²) in [6, 6.07) is 0. The van der Waals surface area contributed by atoms with Crippen LogP contribution < -0.4 is 0 Å². The smallest absolute Gasteiger partial charge is 0.337 e. The summed E-state index contributed by atoms with van der Waals surface area (Å²) in [5.74, 6) is -0.590. The van der Waals surface area contributed by atoms with Gasteiger partial charge in [0.25, 0.3) is 0 Å². The van der Waals surface area contributed by atoms with E-state index in [-0.39, 0.29) is 37.5 Å². The van der Waals surface area contributed by atoms with Gasteiger partial charge in [-0.15, -0.1) is 0 Å². The van der Waals surface area contributed by atoms with Crippen LogP contribution in [0.3, 0.4) is 0 Å². The van der Waals surface area contributed by atoms with E-state index in [9.17, 15) is 14.7 Å². The molecule has 4 atom stereocenters. The van der Waals surface area contributed by atoms with Gasteiger partial charge in [0.2, 0.25) is 0 Å². The molecule has 1 N–H and O–H groups in total. The maximum absolute atomic E-state index is 12.4. The van der Waals surface area contributed by atoms with Crippen molar-refractivity contribution in [2.45, 2.75) is 122 Å². The molecule has 0 aromatic carbocycles. The van der Waals surface area contributed by atoms with E-state index in [4.69, 9.17) is 28.4 Å². The van der Waals surface area contributed by atoms with E-state index in [1.54, 1.807) is 25.2 Å². The summed E-state index contributed by atoms with van der Waals surface area (Å²) in [7, 11) is 0. The number of hydrogen-bond acceptors (Lipinski definition) is 9. The molecular formula is C41H64O9. The number of esters is 2. The number of aliphatic hydroxyl groups excluding tert-OH is 1. The lowest BCUT2D eigenvalue weighted by molar-refractivity contribution is -0.143. The standard InChI is InChI=1S/C41H64O9/c1-7-12-14-27-45-28-17-21-35(9-3)40(43)49-32-19-22-36(10-4)41(44)48-31-18-20-34(8-2)33(6)50-38-25-23-37(24-26-38)46-29-15-13-16-30-47-39(42)11-5/h8-10,20-23,25,33,37-38,41,44H,2-4,7,11-19,24,26-32H2,1,5-6H3/b34-20+,35-21+,36-22+. The highest BCUT2D eigenvalue weighted by Crippen LogP contribution is 2.21. The molecule has 50 heavy (non-hydrogen) atoms. The third kappa shape index (κ3) is 21.2. The molecule has 0 aromatic rings. The van der Waals surface area contributed by atoms with Crippen molar-refractivity contribution in [3.8, 4) is 0 Å². The van der Waals surface area contributed by atoms with Crippen LogP contribution in [0.5, 0.6) is 0 Å². The predicted octanol–water partition coefficient (Wildman–Crippen LogP) is 8.21. The molecule has 9 nitrogen and oxygen atoms in total. The van der Waals surface area contributed by atoms with Gasteiger partial charge in [0.15, 0.2) is 6.29 Å². The topological polar surface area (TPSA) is 110 Å². The molecule has 0 amide bonds. The number of rotatable bonds is 30. The largest absolute Gasteiger partial charge is 0.466 e. The van der Waals surface area contributed by atoms with Crippen molar-refractivity contribution in [3.05, 3.63) is 85.1 Å². The Morgan fingerprint density at radius 1 is 0.760 bits per heavy atom. The van der Waals surface area contributed by atoms with Gasteiger partial charge in [-0.25, -0.2) is 4.79 Å². The molecule has 4 unspecified atom stereocenters. The molecule has 9 heteroatoms. The Morgan fingerprint density at radius 2 is 1.42 bits per heavy atom. The van der Waals surface area contributed by atoms with Crippen molar-refractivity contribution < 1.29 is 43.1 Å². The molecule has 282 valence electrons. The minimum Gasteiger partial charge on any atom is -0.466 e. The monoisotopic (exact) mass is 700 g/mol. The molecule has 0 spiro atoms. The van der Waals surface area contributed by atoms with Gasteiger partial charge in [0, 0.05) is 31.6 Å². The summed E-state index contributed by atoms with van der Waals surface area (Å²) in [5, 5.41) is 10.5. The molecule has 0 fully saturated rings. The summed E-state index contributed by atoms with van der Waals surface area (Å²) in [6.07, 6.45) is 23.1. The van der Waals surface area contributed by atoms with Crippen LogP contribution in [-0.4, -0.2) is 81.3 Å². The van der Waals surface area contributed by atoms with Gasteiger partial charge < -0.3 is 33.5 Å². The third-order valence-electron chi connectivity index (χ3n) is 8.03. The Balaban J connectivity index is 2.35. The van der Waals surface area contributed by atoms with Crippen molar-refractivity contribution in [1.82, 2.24) is 0 Å². The summed E-state index contributed by atoms with van der Waals surface area (Å²) in [5.41, 5.74) is 1.87. The number of ether oxygens (including phenoxy) is 6. The molecule has 0 heterocycles. The molecule has 0 aliphatic heterocycles. The SMILES string of the molecule is C=C/C(=C\CCOCCCCC)C(=O)OCC/C=C(\C=C)C(O)OCC/C=C(\C=C)C(C)OC1C=CC(OCCCCCOC(=O)CC)CC1. The van der Waals surface area contributed by atoms with Crippen LogP contribution in [0.25, 0.3) is 0 Å². The highest BCUT2D eigenvalue weighted by molar-refractivity contribution is 5.91. The second kappa shape index (κ2) is 29.6. The van der Waals surface area contributed by atoms with E-state index in [2.05, 4.69) is 38.8 Å². The number of unbranched alkanes of at least 4 members (excludes halogenated alkanes) is 4. The first-order valence-electron chi connectivity index (χ1n) is 18.4. The summed E-state index contributed by atoms with van der Waals surface area (Å²) >= 11 is 0. The highest BCUT2D eigenvalue weighted by Gasteiger charge is 2.19. The molecule has 0 radical (unpaired) electrons. The second-order valence-electron chi connectivity index (χ2n) is 12.0. The van der Waals surface area contributed by atoms with Crippen LogP contribution in [0, 0.1) is 0 Å². The number of carbonyl (C=O) groups is 2. The molecule has 0 saturated heterocycles. The zero-order chi connectivity index (χ0) is 36.8. The van der Waals surface area contributed by atoms with Gasteiger partial charge in [-0.05, 0) is 63.9 Å². The third-order valence-corrected chi connectivity index (χ3v) is 8.03. The zero-order valence-electron chi connectivity index (χ0n) is 31.0. The molecule has 1 aliphatic carbocycles. The summed E-state index contributed by atoms with van der Waals surface area (Å²) < 4.78 is 33.9. The van der Waals surface area contributed by atoms with Crippen molar-refractivity contribution in [3.63, 3.8) is 0 Å². The van der Waals surface area contributed by atoms with Crippen molar-refractivity contribution in [1.29, 1.82) is 0 Å². The minimum atomic E-state index is -1.15. The zero-order valence-corrected chi connectivity index (χ0v) is 31.0. The van der Waals surface area contributed by atoms with Crippen molar-refractivity contribution in [2.75, 3.05) is 39.6 Å². The van der Waals surface area contributed by atoms with Crippen LogP contribution in [0.4, 0.5) is 0 Å². The van der Waals surface area contributed by atoms with Gasteiger partial charge in [-0.3, -0.25) is 4.79 Å². The van der Waals surface area contributed by atoms with E-state index < -0.39 is 12.3 Å². The fourth-order valence-corrected chi connectivity index (χ4v) is 5.03. The Labute approximate surface area is 301 Å². The van der Waals surface area contributed by atoms with Crippen molar-refractivity contribution in [2.24, 2.45) is 0 Å². The maximum Gasteiger partial charge on any atom is 0.337 e. The second-order valence-corrected chi connectivity index (χ2v) is 12.0. The predicted molar refractivity (Wildman–Crippen MR) is 200 cm³/mol. The average Bonchev–Trinajstić information content (AvgIpc) is 3.12. The molecule has 0 aromatic heterocycles.